The zero-order chi connectivity index (χ0) is 19.5. The van der Waals surface area contributed by atoms with Crippen LogP contribution in [0.15, 0.2) is 54.9 Å². The Kier molecular flexibility index (Phi) is 5.15. The molecule has 0 bridgehead atoms. The smallest absolute Gasteiger partial charge is 0.224 e. The largest absolute Gasteiger partial charge is 0.439 e. The highest BCUT2D eigenvalue weighted by Gasteiger charge is 2.20. The van der Waals surface area contributed by atoms with Gasteiger partial charge in [-0.1, -0.05) is 24.3 Å². The first-order valence-electron chi connectivity index (χ1n) is 9.72. The van der Waals surface area contributed by atoms with Crippen LogP contribution in [0.2, 0.25) is 0 Å². The first-order valence-corrected chi connectivity index (χ1v) is 9.72. The van der Waals surface area contributed by atoms with E-state index >= 15 is 0 Å². The highest BCUT2D eigenvalue weighted by atomic mass is 16.5. The molecule has 0 unspecified atom stereocenters. The summed E-state index contributed by atoms with van der Waals surface area (Å²) < 4.78 is 5.92. The predicted octanol–water partition coefficient (Wildman–Crippen LogP) is 4.52. The van der Waals surface area contributed by atoms with Crippen LogP contribution >= 0.6 is 0 Å². The van der Waals surface area contributed by atoms with Crippen molar-refractivity contribution in [3.8, 4) is 11.6 Å². The SMILES string of the molecule is Cc1cccc(Oc2cc(N3CCN(c4cc(C)ccc4C)CC3)ncn2)c1. The third-order valence-corrected chi connectivity index (χ3v) is 5.15. The van der Waals surface area contributed by atoms with E-state index in [9.17, 15) is 0 Å². The van der Waals surface area contributed by atoms with Crippen molar-refractivity contribution in [3.63, 3.8) is 0 Å². The minimum absolute atomic E-state index is 0.576. The molecule has 2 aromatic carbocycles. The Labute approximate surface area is 166 Å². The van der Waals surface area contributed by atoms with Crippen LogP contribution in [-0.2, 0) is 0 Å². The molecule has 0 saturated carbocycles. The molecule has 0 N–H and O–H groups in total. The number of hydrogen-bond donors (Lipinski definition) is 0. The van der Waals surface area contributed by atoms with Gasteiger partial charge < -0.3 is 14.5 Å². The minimum atomic E-state index is 0.576. The van der Waals surface area contributed by atoms with Crippen LogP contribution < -0.4 is 14.5 Å². The van der Waals surface area contributed by atoms with Crippen LogP contribution in [0.4, 0.5) is 11.5 Å². The molecule has 0 radical (unpaired) electrons. The highest BCUT2D eigenvalue weighted by molar-refractivity contribution is 5.56. The van der Waals surface area contributed by atoms with Gasteiger partial charge in [0.25, 0.3) is 0 Å². The van der Waals surface area contributed by atoms with Crippen LogP contribution in [0.1, 0.15) is 16.7 Å². The molecule has 144 valence electrons. The van der Waals surface area contributed by atoms with Gasteiger partial charge in [0.2, 0.25) is 5.88 Å². The van der Waals surface area contributed by atoms with Gasteiger partial charge in [-0.25, -0.2) is 9.97 Å². The normalized spacial score (nSPS) is 14.2. The Morgan fingerprint density at radius 2 is 1.54 bits per heavy atom. The van der Waals surface area contributed by atoms with Crippen molar-refractivity contribution in [3.05, 3.63) is 71.5 Å². The molecule has 2 heterocycles. The lowest BCUT2D eigenvalue weighted by molar-refractivity contribution is 0.460. The van der Waals surface area contributed by atoms with Gasteiger partial charge in [0, 0.05) is 37.9 Å². The maximum absolute atomic E-state index is 5.92. The number of rotatable bonds is 4. The van der Waals surface area contributed by atoms with Gasteiger partial charge >= 0.3 is 0 Å². The quantitative estimate of drug-likeness (QED) is 0.672. The third-order valence-electron chi connectivity index (χ3n) is 5.15. The lowest BCUT2D eigenvalue weighted by Crippen LogP contribution is -2.47. The van der Waals surface area contributed by atoms with Gasteiger partial charge in [-0.3, -0.25) is 0 Å². The van der Waals surface area contributed by atoms with Gasteiger partial charge in [0.1, 0.15) is 17.9 Å². The first-order chi connectivity index (χ1) is 13.6. The number of aromatic nitrogens is 2. The van der Waals surface area contributed by atoms with Crippen LogP contribution in [-0.4, -0.2) is 36.1 Å². The van der Waals surface area contributed by atoms with Crippen molar-refractivity contribution in [1.29, 1.82) is 0 Å². The topological polar surface area (TPSA) is 41.5 Å². The number of hydrogen-bond acceptors (Lipinski definition) is 5. The zero-order valence-electron chi connectivity index (χ0n) is 16.7. The molecule has 1 aromatic heterocycles. The molecule has 28 heavy (non-hydrogen) atoms. The molecule has 0 amide bonds. The summed E-state index contributed by atoms with van der Waals surface area (Å²) in [5, 5.41) is 0. The molecular weight excluding hydrogens is 348 g/mol. The van der Waals surface area contributed by atoms with E-state index in [2.05, 4.69) is 51.8 Å². The molecule has 0 aliphatic carbocycles. The number of aryl methyl sites for hydroxylation is 3. The number of anilines is 2. The van der Waals surface area contributed by atoms with E-state index in [4.69, 9.17) is 4.74 Å². The molecule has 5 nitrogen and oxygen atoms in total. The first kappa shape index (κ1) is 18.3. The Balaban J connectivity index is 1.44. The average molecular weight is 374 g/mol. The number of benzene rings is 2. The number of nitrogens with zero attached hydrogens (tertiary/aromatic N) is 4. The molecule has 4 rings (SSSR count). The summed E-state index contributed by atoms with van der Waals surface area (Å²) in [6.45, 7) is 10.2. The van der Waals surface area contributed by atoms with E-state index in [1.807, 2.05) is 37.3 Å². The summed E-state index contributed by atoms with van der Waals surface area (Å²) in [6, 6.07) is 16.6. The Morgan fingerprint density at radius 3 is 2.32 bits per heavy atom. The molecular formula is C23H26N4O. The van der Waals surface area contributed by atoms with Crippen molar-refractivity contribution in [2.24, 2.45) is 0 Å². The molecule has 0 atom stereocenters. The van der Waals surface area contributed by atoms with E-state index in [1.165, 1.54) is 16.8 Å². The van der Waals surface area contributed by atoms with Gasteiger partial charge in [-0.2, -0.15) is 0 Å². The number of piperazine rings is 1. The standard InChI is InChI=1S/C23H26N4O/c1-17-5-4-6-20(13-17)28-23-15-22(24-16-25-23)27-11-9-26(10-12-27)21-14-18(2)7-8-19(21)3/h4-8,13-16H,9-12H2,1-3H3. The van der Waals surface area contributed by atoms with Crippen LogP contribution in [0.3, 0.4) is 0 Å². The van der Waals surface area contributed by atoms with Crippen LogP contribution in [0, 0.1) is 20.8 Å². The summed E-state index contributed by atoms with van der Waals surface area (Å²) in [5.74, 6) is 2.29. The van der Waals surface area contributed by atoms with Crippen LogP contribution in [0.5, 0.6) is 11.6 Å². The maximum atomic E-state index is 5.92. The molecule has 1 saturated heterocycles. The van der Waals surface area contributed by atoms with Crippen molar-refractivity contribution >= 4 is 11.5 Å². The van der Waals surface area contributed by atoms with E-state index in [0.717, 1.165) is 43.3 Å². The average Bonchev–Trinajstić information content (AvgIpc) is 2.70. The summed E-state index contributed by atoms with van der Waals surface area (Å²) in [7, 11) is 0. The second kappa shape index (κ2) is 7.89. The van der Waals surface area contributed by atoms with Gasteiger partial charge in [-0.05, 0) is 55.7 Å². The fraction of sp³-hybridized carbons (Fsp3) is 0.304. The van der Waals surface area contributed by atoms with Crippen molar-refractivity contribution in [2.75, 3.05) is 36.0 Å². The second-order valence-corrected chi connectivity index (χ2v) is 7.40. The van der Waals surface area contributed by atoms with Gasteiger partial charge in [-0.15, -0.1) is 0 Å². The van der Waals surface area contributed by atoms with Gasteiger partial charge in [0.05, 0.1) is 0 Å². The fourth-order valence-corrected chi connectivity index (χ4v) is 3.59. The lowest BCUT2D eigenvalue weighted by Gasteiger charge is -2.37. The monoisotopic (exact) mass is 374 g/mol. The summed E-state index contributed by atoms with van der Waals surface area (Å²) in [6.07, 6.45) is 1.58. The van der Waals surface area contributed by atoms with E-state index in [0.29, 0.717) is 5.88 Å². The fourth-order valence-electron chi connectivity index (χ4n) is 3.59. The van der Waals surface area contributed by atoms with Crippen molar-refractivity contribution in [2.45, 2.75) is 20.8 Å². The number of ether oxygens (including phenoxy) is 1. The van der Waals surface area contributed by atoms with E-state index in [-0.39, 0.29) is 0 Å². The summed E-state index contributed by atoms with van der Waals surface area (Å²) >= 11 is 0. The summed E-state index contributed by atoms with van der Waals surface area (Å²) in [4.78, 5) is 13.5. The molecule has 5 heteroatoms. The molecule has 0 spiro atoms. The minimum Gasteiger partial charge on any atom is -0.439 e. The molecule has 1 fully saturated rings. The molecule has 1 aliphatic heterocycles. The van der Waals surface area contributed by atoms with E-state index < -0.39 is 0 Å². The second-order valence-electron chi connectivity index (χ2n) is 7.40. The molecule has 3 aromatic rings. The van der Waals surface area contributed by atoms with Crippen LogP contribution in [0.25, 0.3) is 0 Å². The molecule has 1 aliphatic rings. The van der Waals surface area contributed by atoms with E-state index in [1.54, 1.807) is 6.33 Å². The Morgan fingerprint density at radius 1 is 0.786 bits per heavy atom. The zero-order valence-corrected chi connectivity index (χ0v) is 16.7. The maximum Gasteiger partial charge on any atom is 0.224 e. The highest BCUT2D eigenvalue weighted by Crippen LogP contribution is 2.26. The van der Waals surface area contributed by atoms with Crippen molar-refractivity contribution < 1.29 is 4.74 Å². The van der Waals surface area contributed by atoms with Gasteiger partial charge in [0.15, 0.2) is 0 Å². The Hall–Kier alpha value is -3.08. The predicted molar refractivity (Wildman–Crippen MR) is 114 cm³/mol. The third kappa shape index (κ3) is 4.09. The lowest BCUT2D eigenvalue weighted by atomic mass is 10.1. The van der Waals surface area contributed by atoms with Crippen molar-refractivity contribution in [1.82, 2.24) is 9.97 Å². The summed E-state index contributed by atoms with van der Waals surface area (Å²) in [5.41, 5.74) is 5.13. The Bertz CT molecular complexity index is 964.